The summed E-state index contributed by atoms with van der Waals surface area (Å²) in [5, 5.41) is 12.4. The number of hydrogen-bond donors (Lipinski definition) is 2. The van der Waals surface area contributed by atoms with Crippen molar-refractivity contribution in [2.45, 2.75) is 25.1 Å². The first kappa shape index (κ1) is 11.3. The third kappa shape index (κ3) is 1.89. The molecule has 0 bridgehead atoms. The zero-order valence-electron chi connectivity index (χ0n) is 9.90. The molecule has 2 amide bonds. The van der Waals surface area contributed by atoms with Crippen LogP contribution in [0.2, 0.25) is 0 Å². The number of aromatic hydroxyl groups is 1. The van der Waals surface area contributed by atoms with Crippen molar-refractivity contribution >= 4 is 6.03 Å². The molecule has 18 heavy (non-hydrogen) atoms. The molecule has 1 heterocycles. The molecule has 0 radical (unpaired) electrons. The summed E-state index contributed by atoms with van der Waals surface area (Å²) in [4.78, 5) is 13.3. The molecule has 2 N–H and O–H groups in total. The van der Waals surface area contributed by atoms with Crippen molar-refractivity contribution in [1.82, 2.24) is 10.2 Å². The minimum Gasteiger partial charge on any atom is -0.508 e. The molecule has 0 spiro atoms. The van der Waals surface area contributed by atoms with Gasteiger partial charge in [-0.15, -0.1) is 0 Å². The predicted octanol–water partition coefficient (Wildman–Crippen LogP) is 1.74. The van der Waals surface area contributed by atoms with Crippen LogP contribution >= 0.6 is 0 Å². The molecule has 1 saturated heterocycles. The highest BCUT2D eigenvalue weighted by Crippen LogP contribution is 2.33. The number of phenolic OH excluding ortho intramolecular Hbond substituents is 1. The van der Waals surface area contributed by atoms with E-state index in [-0.39, 0.29) is 30.9 Å². The zero-order chi connectivity index (χ0) is 12.7. The third-order valence-corrected chi connectivity index (χ3v) is 3.63. The standard InChI is InChI=1S/C13H15FN2O2/c14-9-6-16(7-9)13(18)15-12-4-2-8-1-3-10(17)5-11(8)12/h1,3,5,9,12,17H,2,4,6-7H2,(H,15,18). The van der Waals surface area contributed by atoms with E-state index in [0.717, 1.165) is 24.0 Å². The van der Waals surface area contributed by atoms with E-state index in [9.17, 15) is 14.3 Å². The number of benzene rings is 1. The van der Waals surface area contributed by atoms with Crippen molar-refractivity contribution in [3.05, 3.63) is 29.3 Å². The Kier molecular flexibility index (Phi) is 2.61. The number of amides is 2. The number of hydrogen-bond acceptors (Lipinski definition) is 2. The van der Waals surface area contributed by atoms with Crippen molar-refractivity contribution in [2.24, 2.45) is 0 Å². The zero-order valence-corrected chi connectivity index (χ0v) is 9.90. The fourth-order valence-corrected chi connectivity index (χ4v) is 2.57. The van der Waals surface area contributed by atoms with Gasteiger partial charge in [-0.05, 0) is 36.1 Å². The molecule has 1 aliphatic carbocycles. The molecule has 1 aromatic rings. The van der Waals surface area contributed by atoms with Crippen LogP contribution in [-0.4, -0.2) is 35.3 Å². The summed E-state index contributed by atoms with van der Waals surface area (Å²) in [7, 11) is 0. The molecule has 96 valence electrons. The van der Waals surface area contributed by atoms with Gasteiger partial charge in [0.05, 0.1) is 19.1 Å². The summed E-state index contributed by atoms with van der Waals surface area (Å²) in [6.45, 7) is 0.372. The Morgan fingerprint density at radius 1 is 1.44 bits per heavy atom. The van der Waals surface area contributed by atoms with Crippen molar-refractivity contribution in [3.8, 4) is 5.75 Å². The molecule has 1 unspecified atom stereocenters. The van der Waals surface area contributed by atoms with Gasteiger partial charge in [0.1, 0.15) is 11.9 Å². The van der Waals surface area contributed by atoms with Crippen molar-refractivity contribution in [2.75, 3.05) is 13.1 Å². The number of aryl methyl sites for hydroxylation is 1. The highest BCUT2D eigenvalue weighted by Gasteiger charge is 2.33. The monoisotopic (exact) mass is 250 g/mol. The van der Waals surface area contributed by atoms with Crippen LogP contribution < -0.4 is 5.32 Å². The maximum Gasteiger partial charge on any atom is 0.318 e. The van der Waals surface area contributed by atoms with Gasteiger partial charge in [-0.2, -0.15) is 0 Å². The van der Waals surface area contributed by atoms with Gasteiger partial charge in [0.2, 0.25) is 0 Å². The van der Waals surface area contributed by atoms with Gasteiger partial charge < -0.3 is 15.3 Å². The number of alkyl halides is 1. The van der Waals surface area contributed by atoms with Crippen LogP contribution in [0.1, 0.15) is 23.6 Å². The highest BCUT2D eigenvalue weighted by atomic mass is 19.1. The van der Waals surface area contributed by atoms with Crippen LogP contribution in [0, 0.1) is 0 Å². The van der Waals surface area contributed by atoms with E-state index in [0.29, 0.717) is 0 Å². The number of carbonyl (C=O) groups is 1. The Balaban J connectivity index is 1.69. The predicted molar refractivity (Wildman–Crippen MR) is 64.2 cm³/mol. The lowest BCUT2D eigenvalue weighted by Crippen LogP contribution is -2.55. The summed E-state index contributed by atoms with van der Waals surface area (Å²) in [6, 6.07) is 4.95. The van der Waals surface area contributed by atoms with Gasteiger partial charge in [0.15, 0.2) is 0 Å². The first-order valence-electron chi connectivity index (χ1n) is 6.15. The number of urea groups is 1. The summed E-state index contributed by atoms with van der Waals surface area (Å²) in [5.74, 6) is 0.211. The Morgan fingerprint density at radius 3 is 2.94 bits per heavy atom. The number of carbonyl (C=O) groups excluding carboxylic acids is 1. The molecule has 5 heteroatoms. The lowest BCUT2D eigenvalue weighted by molar-refractivity contribution is 0.0881. The van der Waals surface area contributed by atoms with Crippen LogP contribution in [0.5, 0.6) is 5.75 Å². The van der Waals surface area contributed by atoms with E-state index < -0.39 is 6.17 Å². The maximum absolute atomic E-state index is 12.7. The van der Waals surface area contributed by atoms with E-state index in [1.807, 2.05) is 6.07 Å². The fourth-order valence-electron chi connectivity index (χ4n) is 2.57. The smallest absolute Gasteiger partial charge is 0.318 e. The number of nitrogens with one attached hydrogen (secondary N) is 1. The number of halogens is 1. The Bertz CT molecular complexity index is 486. The lowest BCUT2D eigenvalue weighted by Gasteiger charge is -2.35. The third-order valence-electron chi connectivity index (χ3n) is 3.63. The highest BCUT2D eigenvalue weighted by molar-refractivity contribution is 5.76. The molecular weight excluding hydrogens is 235 g/mol. The van der Waals surface area contributed by atoms with Crippen molar-refractivity contribution in [1.29, 1.82) is 0 Å². The molecule has 1 fully saturated rings. The Labute approximate surface area is 104 Å². The first-order chi connectivity index (χ1) is 8.63. The second-order valence-electron chi connectivity index (χ2n) is 4.93. The molecule has 1 aromatic carbocycles. The number of nitrogens with zero attached hydrogens (tertiary/aromatic N) is 1. The molecular formula is C13H15FN2O2. The number of phenols is 1. The van der Waals surface area contributed by atoms with Gasteiger partial charge in [0, 0.05) is 0 Å². The fraction of sp³-hybridized carbons (Fsp3) is 0.462. The summed E-state index contributed by atoms with van der Waals surface area (Å²) >= 11 is 0. The lowest BCUT2D eigenvalue weighted by atomic mass is 10.1. The Hall–Kier alpha value is -1.78. The quantitative estimate of drug-likeness (QED) is 0.797. The Morgan fingerprint density at radius 2 is 2.22 bits per heavy atom. The second-order valence-corrected chi connectivity index (χ2v) is 4.93. The summed E-state index contributed by atoms with van der Waals surface area (Å²) in [6.07, 6.45) is 0.847. The summed E-state index contributed by atoms with van der Waals surface area (Å²) in [5.41, 5.74) is 2.13. The van der Waals surface area contributed by atoms with E-state index in [1.54, 1.807) is 12.1 Å². The first-order valence-corrected chi connectivity index (χ1v) is 6.15. The van der Waals surface area contributed by atoms with Gasteiger partial charge in [-0.25, -0.2) is 9.18 Å². The average molecular weight is 250 g/mol. The van der Waals surface area contributed by atoms with Crippen molar-refractivity contribution in [3.63, 3.8) is 0 Å². The normalized spacial score (nSPS) is 22.5. The van der Waals surface area contributed by atoms with Gasteiger partial charge in [-0.1, -0.05) is 6.07 Å². The van der Waals surface area contributed by atoms with E-state index >= 15 is 0 Å². The van der Waals surface area contributed by atoms with Gasteiger partial charge in [-0.3, -0.25) is 0 Å². The second kappa shape index (κ2) is 4.15. The number of fused-ring (bicyclic) bond motifs is 1. The molecule has 4 nitrogen and oxygen atoms in total. The van der Waals surface area contributed by atoms with Crippen molar-refractivity contribution < 1.29 is 14.3 Å². The van der Waals surface area contributed by atoms with E-state index in [1.165, 1.54) is 4.90 Å². The van der Waals surface area contributed by atoms with Crippen LogP contribution in [0.4, 0.5) is 9.18 Å². The van der Waals surface area contributed by atoms with Gasteiger partial charge >= 0.3 is 6.03 Å². The summed E-state index contributed by atoms with van der Waals surface area (Å²) < 4.78 is 12.7. The van der Waals surface area contributed by atoms with Crippen LogP contribution in [0.3, 0.4) is 0 Å². The number of rotatable bonds is 1. The average Bonchev–Trinajstić information content (AvgIpc) is 2.68. The van der Waals surface area contributed by atoms with Crippen LogP contribution in [0.25, 0.3) is 0 Å². The number of likely N-dealkylation sites (tertiary alicyclic amines) is 1. The molecule has 1 aliphatic heterocycles. The molecule has 2 aliphatic rings. The van der Waals surface area contributed by atoms with Crippen LogP contribution in [0.15, 0.2) is 18.2 Å². The van der Waals surface area contributed by atoms with E-state index in [4.69, 9.17) is 0 Å². The largest absolute Gasteiger partial charge is 0.508 e. The molecule has 1 atom stereocenters. The van der Waals surface area contributed by atoms with Gasteiger partial charge in [0.25, 0.3) is 0 Å². The molecule has 3 rings (SSSR count). The minimum absolute atomic E-state index is 0.0711. The minimum atomic E-state index is -0.879. The molecule has 0 saturated carbocycles. The topological polar surface area (TPSA) is 52.6 Å². The van der Waals surface area contributed by atoms with E-state index in [2.05, 4.69) is 5.32 Å². The maximum atomic E-state index is 12.7. The SMILES string of the molecule is O=C(NC1CCc2ccc(O)cc21)N1CC(F)C1. The molecule has 0 aromatic heterocycles. The van der Waals surface area contributed by atoms with Crippen LogP contribution in [-0.2, 0) is 6.42 Å².